The molecule has 0 bridgehead atoms. The molecule has 4 aromatic rings. The molecule has 0 aliphatic carbocycles. The number of aromatic nitrogens is 1. The second kappa shape index (κ2) is 6.23. The number of rotatable bonds is 3. The van der Waals surface area contributed by atoms with Crippen LogP contribution in [0, 0.1) is 0 Å². The number of nitrogens with zero attached hydrogens (tertiary/aromatic N) is 1. The maximum Gasteiger partial charge on any atom is 0.175 e. The van der Waals surface area contributed by atoms with Crippen molar-refractivity contribution in [1.82, 2.24) is 4.98 Å². The van der Waals surface area contributed by atoms with Gasteiger partial charge < -0.3 is 5.73 Å². The summed E-state index contributed by atoms with van der Waals surface area (Å²) in [7, 11) is -3.22. The standard InChI is InChI=1S/C20H16N2O2S2/c1-26(23,24)15-9-6-13(7-10-15)17-12-14(21)8-11-16(17)20-22-18-4-2-3-5-19(18)25-20/h2-12H,21H2,1H3. The third-order valence-electron chi connectivity index (χ3n) is 4.16. The number of nitrogens with two attached hydrogens (primary N) is 1. The number of benzene rings is 3. The number of hydrogen-bond donors (Lipinski definition) is 1. The summed E-state index contributed by atoms with van der Waals surface area (Å²) in [6, 6.07) is 20.6. The summed E-state index contributed by atoms with van der Waals surface area (Å²) in [4.78, 5) is 5.04. The Hall–Kier alpha value is -2.70. The predicted octanol–water partition coefficient (Wildman–Crippen LogP) is 4.62. The van der Waals surface area contributed by atoms with Crippen molar-refractivity contribution in [2.45, 2.75) is 4.90 Å². The highest BCUT2D eigenvalue weighted by molar-refractivity contribution is 7.90. The summed E-state index contributed by atoms with van der Waals surface area (Å²) in [5, 5.41) is 0.911. The smallest absolute Gasteiger partial charge is 0.175 e. The lowest BCUT2D eigenvalue weighted by Crippen LogP contribution is -1.96. The molecule has 0 radical (unpaired) electrons. The van der Waals surface area contributed by atoms with Gasteiger partial charge in [-0.25, -0.2) is 13.4 Å². The fourth-order valence-electron chi connectivity index (χ4n) is 2.86. The highest BCUT2D eigenvalue weighted by Crippen LogP contribution is 2.37. The van der Waals surface area contributed by atoms with Crippen molar-refractivity contribution in [2.75, 3.05) is 12.0 Å². The fraction of sp³-hybridized carbons (Fsp3) is 0.0500. The Morgan fingerprint density at radius 1 is 0.923 bits per heavy atom. The summed E-state index contributed by atoms with van der Waals surface area (Å²) in [6.45, 7) is 0. The number of fused-ring (bicyclic) bond motifs is 1. The molecule has 6 heteroatoms. The average molecular weight is 380 g/mol. The lowest BCUT2D eigenvalue weighted by atomic mass is 9.99. The molecule has 4 nitrogen and oxygen atoms in total. The van der Waals surface area contributed by atoms with Gasteiger partial charge in [-0.05, 0) is 53.6 Å². The first-order chi connectivity index (χ1) is 12.4. The third kappa shape index (κ3) is 3.09. The topological polar surface area (TPSA) is 73.0 Å². The van der Waals surface area contributed by atoms with Gasteiger partial charge in [-0.2, -0.15) is 0 Å². The minimum atomic E-state index is -3.22. The first-order valence-corrected chi connectivity index (χ1v) is 10.7. The van der Waals surface area contributed by atoms with Crippen LogP contribution in [0.5, 0.6) is 0 Å². The predicted molar refractivity (Wildman–Crippen MR) is 108 cm³/mol. The Kier molecular flexibility index (Phi) is 4.01. The molecule has 2 N–H and O–H groups in total. The van der Waals surface area contributed by atoms with Gasteiger partial charge in [0, 0.05) is 17.5 Å². The molecular weight excluding hydrogens is 364 g/mol. The van der Waals surface area contributed by atoms with E-state index in [0.29, 0.717) is 10.6 Å². The van der Waals surface area contributed by atoms with Crippen LogP contribution in [0.1, 0.15) is 0 Å². The molecule has 0 aliphatic rings. The van der Waals surface area contributed by atoms with Crippen LogP contribution < -0.4 is 5.73 Å². The minimum Gasteiger partial charge on any atom is -0.399 e. The summed E-state index contributed by atoms with van der Waals surface area (Å²) >= 11 is 1.62. The molecule has 4 rings (SSSR count). The van der Waals surface area contributed by atoms with Gasteiger partial charge in [0.1, 0.15) is 5.01 Å². The van der Waals surface area contributed by atoms with E-state index in [4.69, 9.17) is 10.7 Å². The van der Waals surface area contributed by atoms with E-state index in [1.165, 1.54) is 6.26 Å². The molecule has 0 unspecified atom stereocenters. The Morgan fingerprint density at radius 2 is 1.65 bits per heavy atom. The lowest BCUT2D eigenvalue weighted by Gasteiger charge is -2.10. The Labute approximate surface area is 155 Å². The van der Waals surface area contributed by atoms with Crippen molar-refractivity contribution in [1.29, 1.82) is 0 Å². The van der Waals surface area contributed by atoms with Gasteiger partial charge in [0.05, 0.1) is 15.1 Å². The van der Waals surface area contributed by atoms with E-state index in [2.05, 4.69) is 0 Å². The monoisotopic (exact) mass is 380 g/mol. The van der Waals surface area contributed by atoms with Crippen LogP contribution in [0.25, 0.3) is 31.9 Å². The molecule has 0 spiro atoms. The number of para-hydroxylation sites is 1. The van der Waals surface area contributed by atoms with Crippen LogP contribution in [-0.2, 0) is 9.84 Å². The Morgan fingerprint density at radius 3 is 2.35 bits per heavy atom. The van der Waals surface area contributed by atoms with E-state index in [-0.39, 0.29) is 0 Å². The third-order valence-corrected chi connectivity index (χ3v) is 6.36. The highest BCUT2D eigenvalue weighted by Gasteiger charge is 2.14. The van der Waals surface area contributed by atoms with Gasteiger partial charge in [0.15, 0.2) is 9.84 Å². The number of hydrogen-bond acceptors (Lipinski definition) is 5. The second-order valence-corrected chi connectivity index (χ2v) is 9.13. The van der Waals surface area contributed by atoms with Crippen molar-refractivity contribution in [3.63, 3.8) is 0 Å². The number of thiazole rings is 1. The molecule has 0 amide bonds. The molecular formula is C20H16N2O2S2. The normalized spacial score (nSPS) is 11.7. The molecule has 3 aromatic carbocycles. The molecule has 130 valence electrons. The van der Waals surface area contributed by atoms with Gasteiger partial charge >= 0.3 is 0 Å². The molecule has 0 aliphatic heterocycles. The number of anilines is 1. The Balaban J connectivity index is 1.87. The van der Waals surface area contributed by atoms with Gasteiger partial charge in [0.25, 0.3) is 0 Å². The van der Waals surface area contributed by atoms with Gasteiger partial charge in [-0.3, -0.25) is 0 Å². The average Bonchev–Trinajstić information content (AvgIpc) is 3.05. The largest absolute Gasteiger partial charge is 0.399 e. The van der Waals surface area contributed by atoms with Crippen molar-refractivity contribution in [3.05, 3.63) is 66.7 Å². The van der Waals surface area contributed by atoms with Crippen molar-refractivity contribution in [2.24, 2.45) is 0 Å². The van der Waals surface area contributed by atoms with Crippen LogP contribution in [0.3, 0.4) is 0 Å². The molecule has 0 saturated carbocycles. The quantitative estimate of drug-likeness (QED) is 0.527. The number of sulfone groups is 1. The molecule has 0 atom stereocenters. The maximum atomic E-state index is 11.7. The van der Waals surface area contributed by atoms with E-state index >= 15 is 0 Å². The zero-order valence-corrected chi connectivity index (χ0v) is 15.6. The van der Waals surface area contributed by atoms with Crippen LogP contribution in [0.2, 0.25) is 0 Å². The highest BCUT2D eigenvalue weighted by atomic mass is 32.2. The summed E-state index contributed by atoms with van der Waals surface area (Å²) < 4.78 is 24.5. The van der Waals surface area contributed by atoms with E-state index in [9.17, 15) is 8.42 Å². The minimum absolute atomic E-state index is 0.298. The van der Waals surface area contributed by atoms with E-state index in [1.54, 1.807) is 23.5 Å². The summed E-state index contributed by atoms with van der Waals surface area (Å²) in [5.41, 5.74) is 10.4. The fourth-order valence-corrected chi connectivity index (χ4v) is 4.49. The van der Waals surface area contributed by atoms with Crippen LogP contribution in [0.4, 0.5) is 5.69 Å². The van der Waals surface area contributed by atoms with E-state index < -0.39 is 9.84 Å². The SMILES string of the molecule is CS(=O)(=O)c1ccc(-c2cc(N)ccc2-c2nc3ccccc3s2)cc1. The van der Waals surface area contributed by atoms with Crippen LogP contribution in [0.15, 0.2) is 71.6 Å². The molecule has 1 aromatic heterocycles. The first kappa shape index (κ1) is 16.8. The summed E-state index contributed by atoms with van der Waals surface area (Å²) in [5.74, 6) is 0. The first-order valence-electron chi connectivity index (χ1n) is 7.98. The molecule has 0 fully saturated rings. The molecule has 1 heterocycles. The van der Waals surface area contributed by atoms with Crippen molar-refractivity contribution in [3.8, 4) is 21.7 Å². The van der Waals surface area contributed by atoms with Gasteiger partial charge in [-0.15, -0.1) is 11.3 Å². The van der Waals surface area contributed by atoms with Crippen LogP contribution >= 0.6 is 11.3 Å². The van der Waals surface area contributed by atoms with Gasteiger partial charge in [0.2, 0.25) is 0 Å². The van der Waals surface area contributed by atoms with Crippen LogP contribution in [-0.4, -0.2) is 19.7 Å². The lowest BCUT2D eigenvalue weighted by molar-refractivity contribution is 0.602. The van der Waals surface area contributed by atoms with E-state index in [0.717, 1.165) is 31.9 Å². The number of nitrogen functional groups attached to an aromatic ring is 1. The second-order valence-electron chi connectivity index (χ2n) is 6.09. The van der Waals surface area contributed by atoms with E-state index in [1.807, 2.05) is 54.6 Å². The zero-order valence-electron chi connectivity index (χ0n) is 14.0. The molecule has 26 heavy (non-hydrogen) atoms. The summed E-state index contributed by atoms with van der Waals surface area (Å²) in [6.07, 6.45) is 1.20. The molecule has 0 saturated heterocycles. The maximum absolute atomic E-state index is 11.7. The van der Waals surface area contributed by atoms with Gasteiger partial charge in [-0.1, -0.05) is 24.3 Å². The van der Waals surface area contributed by atoms with Crippen molar-refractivity contribution >= 4 is 37.1 Å². The zero-order chi connectivity index (χ0) is 18.3. The Bertz CT molecular complexity index is 1180. The van der Waals surface area contributed by atoms with Crippen molar-refractivity contribution < 1.29 is 8.42 Å².